The number of carbonyl (C=O) groups is 1. The van der Waals surface area contributed by atoms with Crippen LogP contribution in [0.15, 0.2) is 58.4 Å². The van der Waals surface area contributed by atoms with Crippen LogP contribution in [0.25, 0.3) is 0 Å². The first-order valence-corrected chi connectivity index (χ1v) is 7.85. The molecule has 21 heavy (non-hydrogen) atoms. The smallest absolute Gasteiger partial charge is 0.250 e. The Morgan fingerprint density at radius 3 is 2.52 bits per heavy atom. The van der Waals surface area contributed by atoms with E-state index in [-0.39, 0.29) is 18.0 Å². The quantitative estimate of drug-likeness (QED) is 0.795. The summed E-state index contributed by atoms with van der Waals surface area (Å²) in [5.74, 6) is -0.0859. The normalized spacial score (nSPS) is 10.4. The molecule has 0 saturated heterocycles. The van der Waals surface area contributed by atoms with Crippen molar-refractivity contribution in [3.05, 3.63) is 64.6 Å². The Morgan fingerprint density at radius 1 is 1.19 bits per heavy atom. The first-order valence-electron chi connectivity index (χ1n) is 6.62. The molecule has 0 fully saturated rings. The Bertz CT molecular complexity index is 664. The second-order valence-corrected chi connectivity index (χ2v) is 5.64. The molecule has 0 aliphatic rings. The number of thioether (sulfide) groups is 1. The van der Waals surface area contributed by atoms with E-state index in [0.717, 1.165) is 5.56 Å². The zero-order valence-corrected chi connectivity index (χ0v) is 13.0. The van der Waals surface area contributed by atoms with Crippen molar-refractivity contribution in [2.45, 2.75) is 18.0 Å². The van der Waals surface area contributed by atoms with Gasteiger partial charge in [0, 0.05) is 30.8 Å². The van der Waals surface area contributed by atoms with Crippen molar-refractivity contribution < 1.29 is 4.79 Å². The third-order valence-electron chi connectivity index (χ3n) is 3.21. The topological polar surface area (TPSA) is 42.3 Å². The highest BCUT2D eigenvalue weighted by Gasteiger charge is 2.10. The summed E-state index contributed by atoms with van der Waals surface area (Å²) in [4.78, 5) is 26.6. The molecule has 4 nitrogen and oxygen atoms in total. The predicted octanol–water partition coefficient (Wildman–Crippen LogP) is 2.23. The van der Waals surface area contributed by atoms with Crippen LogP contribution in [0.1, 0.15) is 5.56 Å². The van der Waals surface area contributed by atoms with Crippen molar-refractivity contribution in [3.8, 4) is 0 Å². The molecule has 0 radical (unpaired) electrons. The molecular formula is C16H18N2O2S. The van der Waals surface area contributed by atoms with Crippen molar-refractivity contribution in [3.63, 3.8) is 0 Å². The monoisotopic (exact) mass is 302 g/mol. The van der Waals surface area contributed by atoms with E-state index in [9.17, 15) is 9.59 Å². The Hall–Kier alpha value is -2.01. The second-order valence-electron chi connectivity index (χ2n) is 4.76. The van der Waals surface area contributed by atoms with E-state index < -0.39 is 0 Å². The lowest BCUT2D eigenvalue weighted by molar-refractivity contribution is -0.131. The molecule has 0 aliphatic heterocycles. The van der Waals surface area contributed by atoms with Crippen LogP contribution >= 0.6 is 11.8 Å². The standard InChI is InChI=1S/C16H18N2O2S/c1-17(11-13-6-8-14(21-2)9-7-13)16(20)12-18-10-4-3-5-15(18)19/h3-10H,11-12H2,1-2H3. The Labute approximate surface area is 128 Å². The minimum Gasteiger partial charge on any atom is -0.340 e. The number of rotatable bonds is 5. The molecule has 0 spiro atoms. The summed E-state index contributed by atoms with van der Waals surface area (Å²) >= 11 is 1.69. The molecule has 1 heterocycles. The van der Waals surface area contributed by atoms with Gasteiger partial charge in [-0.15, -0.1) is 11.8 Å². The lowest BCUT2D eigenvalue weighted by Gasteiger charge is -2.18. The molecule has 0 bridgehead atoms. The first kappa shape index (κ1) is 15.4. The highest BCUT2D eigenvalue weighted by Crippen LogP contribution is 2.15. The fourth-order valence-corrected chi connectivity index (χ4v) is 2.36. The summed E-state index contributed by atoms with van der Waals surface area (Å²) in [7, 11) is 1.75. The second kappa shape index (κ2) is 7.13. The third kappa shape index (κ3) is 4.23. The molecule has 5 heteroatoms. The number of hydrogen-bond donors (Lipinski definition) is 0. The molecule has 2 aromatic rings. The van der Waals surface area contributed by atoms with Gasteiger partial charge >= 0.3 is 0 Å². The van der Waals surface area contributed by atoms with Crippen molar-refractivity contribution in [1.82, 2.24) is 9.47 Å². The van der Waals surface area contributed by atoms with Gasteiger partial charge in [-0.3, -0.25) is 9.59 Å². The van der Waals surface area contributed by atoms with Crippen LogP contribution in [-0.4, -0.2) is 28.7 Å². The SMILES string of the molecule is CSc1ccc(CN(C)C(=O)Cn2ccccc2=O)cc1. The highest BCUT2D eigenvalue weighted by molar-refractivity contribution is 7.98. The van der Waals surface area contributed by atoms with Crippen LogP contribution in [0.3, 0.4) is 0 Å². The summed E-state index contributed by atoms with van der Waals surface area (Å²) < 4.78 is 1.41. The average Bonchev–Trinajstić information content (AvgIpc) is 2.50. The van der Waals surface area contributed by atoms with Gasteiger partial charge in [-0.2, -0.15) is 0 Å². The lowest BCUT2D eigenvalue weighted by atomic mass is 10.2. The highest BCUT2D eigenvalue weighted by atomic mass is 32.2. The molecule has 0 N–H and O–H groups in total. The fraction of sp³-hybridized carbons (Fsp3) is 0.250. The van der Waals surface area contributed by atoms with Crippen LogP contribution in [0.5, 0.6) is 0 Å². The number of likely N-dealkylation sites (N-methyl/N-ethyl adjacent to an activating group) is 1. The molecule has 1 aromatic carbocycles. The van der Waals surface area contributed by atoms with Gasteiger partial charge in [-0.25, -0.2) is 0 Å². The van der Waals surface area contributed by atoms with Crippen molar-refractivity contribution in [2.75, 3.05) is 13.3 Å². The summed E-state index contributed by atoms with van der Waals surface area (Å²) in [5.41, 5.74) is 0.910. The van der Waals surface area contributed by atoms with E-state index in [4.69, 9.17) is 0 Å². The summed E-state index contributed by atoms with van der Waals surface area (Å²) in [6, 6.07) is 13.0. The maximum Gasteiger partial charge on any atom is 0.250 e. The number of nitrogens with zero attached hydrogens (tertiary/aromatic N) is 2. The Balaban J connectivity index is 1.99. The van der Waals surface area contributed by atoms with E-state index in [1.54, 1.807) is 42.0 Å². The minimum absolute atomic E-state index is 0.0685. The van der Waals surface area contributed by atoms with Crippen molar-refractivity contribution >= 4 is 17.7 Å². The van der Waals surface area contributed by atoms with E-state index in [1.165, 1.54) is 15.5 Å². The molecule has 0 aliphatic carbocycles. The third-order valence-corrected chi connectivity index (χ3v) is 3.95. The predicted molar refractivity (Wildman–Crippen MR) is 85.4 cm³/mol. The lowest BCUT2D eigenvalue weighted by Crippen LogP contribution is -2.33. The summed E-state index contributed by atoms with van der Waals surface area (Å²) in [6.45, 7) is 0.605. The number of aromatic nitrogens is 1. The minimum atomic E-state index is -0.163. The molecule has 110 valence electrons. The molecule has 1 aromatic heterocycles. The van der Waals surface area contributed by atoms with Gasteiger partial charge in [0.2, 0.25) is 5.91 Å². The number of carbonyl (C=O) groups excluding carboxylic acids is 1. The van der Waals surface area contributed by atoms with Crippen LogP contribution in [-0.2, 0) is 17.9 Å². The molecule has 2 rings (SSSR count). The van der Waals surface area contributed by atoms with Gasteiger partial charge in [0.05, 0.1) is 0 Å². The maximum absolute atomic E-state index is 12.2. The van der Waals surface area contributed by atoms with Crippen LogP contribution in [0.2, 0.25) is 0 Å². The van der Waals surface area contributed by atoms with Gasteiger partial charge in [0.1, 0.15) is 6.54 Å². The zero-order valence-electron chi connectivity index (χ0n) is 12.2. The van der Waals surface area contributed by atoms with Gasteiger partial charge in [0.25, 0.3) is 5.56 Å². The molecule has 0 saturated carbocycles. The largest absolute Gasteiger partial charge is 0.340 e. The maximum atomic E-state index is 12.2. The van der Waals surface area contributed by atoms with Crippen molar-refractivity contribution in [1.29, 1.82) is 0 Å². The fourth-order valence-electron chi connectivity index (χ4n) is 1.95. The number of amides is 1. The van der Waals surface area contributed by atoms with Gasteiger partial charge in [-0.1, -0.05) is 18.2 Å². The van der Waals surface area contributed by atoms with E-state index in [1.807, 2.05) is 30.5 Å². The van der Waals surface area contributed by atoms with Crippen molar-refractivity contribution in [2.24, 2.45) is 0 Å². The van der Waals surface area contributed by atoms with Crippen LogP contribution < -0.4 is 5.56 Å². The zero-order chi connectivity index (χ0) is 15.2. The number of hydrogen-bond acceptors (Lipinski definition) is 3. The van der Waals surface area contributed by atoms with Crippen LogP contribution in [0.4, 0.5) is 0 Å². The summed E-state index contributed by atoms with van der Waals surface area (Å²) in [5, 5.41) is 0. The molecule has 1 amide bonds. The first-order chi connectivity index (χ1) is 10.1. The Morgan fingerprint density at radius 2 is 1.90 bits per heavy atom. The molecule has 0 atom stereocenters. The van der Waals surface area contributed by atoms with Gasteiger partial charge < -0.3 is 9.47 Å². The Kier molecular flexibility index (Phi) is 5.22. The van der Waals surface area contributed by atoms with Gasteiger partial charge in [0.15, 0.2) is 0 Å². The molecular weight excluding hydrogens is 284 g/mol. The number of benzene rings is 1. The van der Waals surface area contributed by atoms with Crippen LogP contribution in [0, 0.1) is 0 Å². The summed E-state index contributed by atoms with van der Waals surface area (Å²) in [6.07, 6.45) is 3.66. The molecule has 0 unspecified atom stereocenters. The number of pyridine rings is 1. The van der Waals surface area contributed by atoms with E-state index in [2.05, 4.69) is 0 Å². The van der Waals surface area contributed by atoms with E-state index >= 15 is 0 Å². The average molecular weight is 302 g/mol. The van der Waals surface area contributed by atoms with E-state index in [0.29, 0.717) is 6.54 Å². The van der Waals surface area contributed by atoms with Gasteiger partial charge in [-0.05, 0) is 30.0 Å².